The summed E-state index contributed by atoms with van der Waals surface area (Å²) >= 11 is 0. The molecule has 6 heteroatoms. The molecule has 1 aromatic rings. The molecule has 0 radical (unpaired) electrons. The fraction of sp³-hybridized carbons (Fsp3) is 0.385. The maximum atomic E-state index is 12.6. The summed E-state index contributed by atoms with van der Waals surface area (Å²) in [5.41, 5.74) is -0.821. The molecule has 0 heterocycles. The Bertz CT molecular complexity index is 523. The Morgan fingerprint density at radius 2 is 1.95 bits per heavy atom. The highest BCUT2D eigenvalue weighted by Crippen LogP contribution is 2.33. The number of rotatable bonds is 4. The van der Waals surface area contributed by atoms with Crippen molar-refractivity contribution in [1.82, 2.24) is 0 Å². The van der Waals surface area contributed by atoms with E-state index >= 15 is 0 Å². The van der Waals surface area contributed by atoms with E-state index in [0.717, 1.165) is 6.07 Å². The van der Waals surface area contributed by atoms with Gasteiger partial charge < -0.3 is 4.90 Å². The van der Waals surface area contributed by atoms with E-state index in [4.69, 9.17) is 10.5 Å². The van der Waals surface area contributed by atoms with Crippen LogP contribution in [0, 0.1) is 22.7 Å². The molecule has 100 valence electrons. The van der Waals surface area contributed by atoms with Gasteiger partial charge in [0.05, 0.1) is 29.7 Å². The lowest BCUT2D eigenvalue weighted by Gasteiger charge is -2.22. The van der Waals surface area contributed by atoms with E-state index in [9.17, 15) is 13.2 Å². The highest BCUT2D eigenvalue weighted by atomic mass is 19.4. The van der Waals surface area contributed by atoms with Crippen molar-refractivity contribution in [2.24, 2.45) is 0 Å². The summed E-state index contributed by atoms with van der Waals surface area (Å²) in [4.78, 5) is 1.75. The van der Waals surface area contributed by atoms with E-state index in [1.807, 2.05) is 13.0 Å². The highest BCUT2D eigenvalue weighted by molar-refractivity contribution is 5.55. The van der Waals surface area contributed by atoms with E-state index in [2.05, 4.69) is 0 Å². The van der Waals surface area contributed by atoms with Gasteiger partial charge in [-0.15, -0.1) is 0 Å². The quantitative estimate of drug-likeness (QED) is 0.840. The monoisotopic (exact) mass is 267 g/mol. The standard InChI is InChI=1S/C13H12F3N3/c1-2-19(7-3-6-17)11-4-5-12(13(14,15)16)10(8-11)9-18/h4-5,8H,2-3,7H2,1H3. The van der Waals surface area contributed by atoms with E-state index < -0.39 is 17.3 Å². The van der Waals surface area contributed by atoms with Crippen LogP contribution in [0.25, 0.3) is 0 Å². The molecule has 0 aliphatic heterocycles. The Kier molecular flexibility index (Phi) is 4.77. The fourth-order valence-corrected chi connectivity index (χ4v) is 1.72. The van der Waals surface area contributed by atoms with Crippen LogP contribution in [0.1, 0.15) is 24.5 Å². The molecule has 0 unspecified atom stereocenters. The van der Waals surface area contributed by atoms with Gasteiger partial charge in [-0.1, -0.05) is 0 Å². The molecule has 0 amide bonds. The molecule has 0 saturated carbocycles. The van der Waals surface area contributed by atoms with Crippen molar-refractivity contribution in [2.45, 2.75) is 19.5 Å². The smallest absolute Gasteiger partial charge is 0.371 e. The van der Waals surface area contributed by atoms with Crippen LogP contribution in [0.4, 0.5) is 18.9 Å². The minimum absolute atomic E-state index is 0.275. The van der Waals surface area contributed by atoms with Crippen LogP contribution in [0.2, 0.25) is 0 Å². The number of nitriles is 2. The second-order valence-electron chi connectivity index (χ2n) is 3.83. The van der Waals surface area contributed by atoms with Crippen LogP contribution in [-0.2, 0) is 6.18 Å². The third-order valence-electron chi connectivity index (χ3n) is 2.67. The molecule has 0 N–H and O–H groups in total. The van der Waals surface area contributed by atoms with Crippen molar-refractivity contribution in [1.29, 1.82) is 10.5 Å². The summed E-state index contributed by atoms with van der Waals surface area (Å²) in [6.07, 6.45) is -4.26. The predicted octanol–water partition coefficient (Wildman–Crippen LogP) is 3.32. The molecule has 0 bridgehead atoms. The third-order valence-corrected chi connectivity index (χ3v) is 2.67. The number of benzene rings is 1. The van der Waals surface area contributed by atoms with Crippen molar-refractivity contribution in [3.8, 4) is 12.1 Å². The van der Waals surface area contributed by atoms with Gasteiger partial charge in [-0.25, -0.2) is 0 Å². The zero-order chi connectivity index (χ0) is 14.5. The summed E-state index contributed by atoms with van der Waals surface area (Å²) in [7, 11) is 0. The average Bonchev–Trinajstić information content (AvgIpc) is 2.38. The lowest BCUT2D eigenvalue weighted by Crippen LogP contribution is -2.24. The SMILES string of the molecule is CCN(CCC#N)c1ccc(C(F)(F)F)c(C#N)c1. The van der Waals surface area contributed by atoms with Gasteiger partial charge in [-0.3, -0.25) is 0 Å². The Morgan fingerprint density at radius 3 is 2.42 bits per heavy atom. The minimum Gasteiger partial charge on any atom is -0.371 e. The molecule has 19 heavy (non-hydrogen) atoms. The molecule has 0 spiro atoms. The Labute approximate surface area is 109 Å². The zero-order valence-electron chi connectivity index (χ0n) is 10.3. The normalized spacial score (nSPS) is 10.6. The third kappa shape index (κ3) is 3.62. The number of nitrogens with zero attached hydrogens (tertiary/aromatic N) is 3. The van der Waals surface area contributed by atoms with Crippen LogP contribution in [-0.4, -0.2) is 13.1 Å². The van der Waals surface area contributed by atoms with Crippen molar-refractivity contribution in [3.63, 3.8) is 0 Å². The van der Waals surface area contributed by atoms with E-state index in [-0.39, 0.29) is 6.42 Å². The van der Waals surface area contributed by atoms with E-state index in [0.29, 0.717) is 18.8 Å². The van der Waals surface area contributed by atoms with Gasteiger partial charge in [0, 0.05) is 18.8 Å². The average molecular weight is 267 g/mol. The van der Waals surface area contributed by atoms with Gasteiger partial charge in [0.15, 0.2) is 0 Å². The number of halogens is 3. The summed E-state index contributed by atoms with van der Waals surface area (Å²) < 4.78 is 37.9. The van der Waals surface area contributed by atoms with E-state index in [1.165, 1.54) is 12.1 Å². The first-order valence-corrected chi connectivity index (χ1v) is 5.67. The Balaban J connectivity index is 3.13. The maximum Gasteiger partial charge on any atom is 0.417 e. The van der Waals surface area contributed by atoms with Gasteiger partial charge in [0.25, 0.3) is 0 Å². The number of hydrogen-bond donors (Lipinski definition) is 0. The van der Waals surface area contributed by atoms with Crippen LogP contribution in [0.5, 0.6) is 0 Å². The Morgan fingerprint density at radius 1 is 1.26 bits per heavy atom. The fourth-order valence-electron chi connectivity index (χ4n) is 1.72. The highest BCUT2D eigenvalue weighted by Gasteiger charge is 2.33. The first-order chi connectivity index (χ1) is 8.93. The predicted molar refractivity (Wildman–Crippen MR) is 64.3 cm³/mol. The molecular weight excluding hydrogens is 255 g/mol. The lowest BCUT2D eigenvalue weighted by atomic mass is 10.1. The molecule has 0 aromatic heterocycles. The second kappa shape index (κ2) is 6.10. The summed E-state index contributed by atoms with van der Waals surface area (Å²) in [5, 5.41) is 17.3. The lowest BCUT2D eigenvalue weighted by molar-refractivity contribution is -0.137. The number of anilines is 1. The van der Waals surface area contributed by atoms with Crippen LogP contribution < -0.4 is 4.90 Å². The second-order valence-corrected chi connectivity index (χ2v) is 3.83. The molecule has 1 rings (SSSR count). The zero-order valence-corrected chi connectivity index (χ0v) is 10.3. The minimum atomic E-state index is -4.53. The Hall–Kier alpha value is -2.21. The number of alkyl halides is 3. The number of hydrogen-bond acceptors (Lipinski definition) is 3. The molecule has 0 aliphatic carbocycles. The largest absolute Gasteiger partial charge is 0.417 e. The van der Waals surface area contributed by atoms with Crippen LogP contribution in [0.15, 0.2) is 18.2 Å². The molecule has 0 fully saturated rings. The van der Waals surface area contributed by atoms with Gasteiger partial charge in [-0.2, -0.15) is 23.7 Å². The van der Waals surface area contributed by atoms with Gasteiger partial charge in [-0.05, 0) is 25.1 Å². The molecule has 3 nitrogen and oxygen atoms in total. The van der Waals surface area contributed by atoms with Crippen molar-refractivity contribution >= 4 is 5.69 Å². The van der Waals surface area contributed by atoms with Crippen LogP contribution >= 0.6 is 0 Å². The molecule has 0 aliphatic rings. The molecular formula is C13H12F3N3. The molecule has 1 aromatic carbocycles. The van der Waals surface area contributed by atoms with Crippen molar-refractivity contribution < 1.29 is 13.2 Å². The summed E-state index contributed by atoms with van der Waals surface area (Å²) in [6, 6.07) is 6.99. The molecule has 0 atom stereocenters. The van der Waals surface area contributed by atoms with Gasteiger partial charge >= 0.3 is 6.18 Å². The topological polar surface area (TPSA) is 50.8 Å². The van der Waals surface area contributed by atoms with E-state index in [1.54, 1.807) is 11.0 Å². The van der Waals surface area contributed by atoms with Gasteiger partial charge in [0.2, 0.25) is 0 Å². The molecule has 0 saturated heterocycles. The first kappa shape index (κ1) is 14.8. The van der Waals surface area contributed by atoms with Crippen molar-refractivity contribution in [2.75, 3.05) is 18.0 Å². The summed E-state index contributed by atoms with van der Waals surface area (Å²) in [5.74, 6) is 0. The van der Waals surface area contributed by atoms with Crippen molar-refractivity contribution in [3.05, 3.63) is 29.3 Å². The maximum absolute atomic E-state index is 12.6. The van der Waals surface area contributed by atoms with Gasteiger partial charge in [0.1, 0.15) is 0 Å². The van der Waals surface area contributed by atoms with Crippen LogP contribution in [0.3, 0.4) is 0 Å². The first-order valence-electron chi connectivity index (χ1n) is 5.67. The summed E-state index contributed by atoms with van der Waals surface area (Å²) in [6.45, 7) is 2.81.